The molecule has 0 radical (unpaired) electrons. The predicted octanol–water partition coefficient (Wildman–Crippen LogP) is 0.817. The highest BCUT2D eigenvalue weighted by atomic mass is 16.6. The number of aliphatic hydroxyl groups excluding tert-OH is 1. The first-order chi connectivity index (χ1) is 12.0. The maximum atomic E-state index is 10.5. The van der Waals surface area contributed by atoms with Crippen molar-refractivity contribution in [1.82, 2.24) is 0 Å². The SMILES string of the molecule is CC(=O)O.CC(=O)OC(=O)CO.CC(=O)OCc1ccccc1[N+](=O)[O-]. The number of para-hydroxylation sites is 1. The third kappa shape index (κ3) is 15.6. The van der Waals surface area contributed by atoms with Crippen LogP contribution in [0.25, 0.3) is 0 Å². The van der Waals surface area contributed by atoms with Gasteiger partial charge >= 0.3 is 17.9 Å². The zero-order chi connectivity index (χ0) is 20.7. The van der Waals surface area contributed by atoms with E-state index in [1.807, 2.05) is 0 Å². The van der Waals surface area contributed by atoms with Crippen molar-refractivity contribution >= 4 is 29.6 Å². The average Bonchev–Trinajstić information content (AvgIpc) is 2.52. The first-order valence-electron chi connectivity index (χ1n) is 6.88. The van der Waals surface area contributed by atoms with Gasteiger partial charge in [0.1, 0.15) is 13.2 Å². The molecule has 0 saturated heterocycles. The Labute approximate surface area is 148 Å². The number of aliphatic hydroxyl groups is 1. The second-order valence-corrected chi connectivity index (χ2v) is 4.31. The second-order valence-electron chi connectivity index (χ2n) is 4.31. The number of carboxylic acid groups (broad SMARTS) is 1. The molecule has 2 N–H and O–H groups in total. The molecule has 26 heavy (non-hydrogen) atoms. The zero-order valence-corrected chi connectivity index (χ0v) is 14.3. The van der Waals surface area contributed by atoms with E-state index in [9.17, 15) is 24.5 Å². The topological polar surface area (TPSA) is 170 Å². The van der Waals surface area contributed by atoms with E-state index in [-0.39, 0.29) is 12.3 Å². The lowest BCUT2D eigenvalue weighted by atomic mass is 10.2. The maximum Gasteiger partial charge on any atom is 0.339 e. The summed E-state index contributed by atoms with van der Waals surface area (Å²) in [5, 5.41) is 25.9. The van der Waals surface area contributed by atoms with Crippen molar-refractivity contribution in [3.63, 3.8) is 0 Å². The van der Waals surface area contributed by atoms with Crippen LogP contribution in [0, 0.1) is 10.1 Å². The number of carbonyl (C=O) groups is 4. The smallest absolute Gasteiger partial charge is 0.339 e. The molecule has 0 atom stereocenters. The minimum Gasteiger partial charge on any atom is -0.481 e. The van der Waals surface area contributed by atoms with Crippen LogP contribution in [-0.4, -0.2) is 45.6 Å². The Balaban J connectivity index is 0. The molecular formula is C15H19NO10. The molecule has 11 nitrogen and oxygen atoms in total. The van der Waals surface area contributed by atoms with Gasteiger partial charge < -0.3 is 19.7 Å². The summed E-state index contributed by atoms with van der Waals surface area (Å²) in [7, 11) is 0. The lowest BCUT2D eigenvalue weighted by molar-refractivity contribution is -0.385. The van der Waals surface area contributed by atoms with Crippen LogP contribution in [0.15, 0.2) is 24.3 Å². The van der Waals surface area contributed by atoms with E-state index in [0.29, 0.717) is 5.56 Å². The monoisotopic (exact) mass is 373 g/mol. The van der Waals surface area contributed by atoms with E-state index in [2.05, 4.69) is 9.47 Å². The highest BCUT2D eigenvalue weighted by molar-refractivity contribution is 5.84. The van der Waals surface area contributed by atoms with Crippen LogP contribution in [-0.2, 0) is 35.3 Å². The maximum absolute atomic E-state index is 10.5. The normalized spacial score (nSPS) is 8.62. The molecule has 0 saturated carbocycles. The quantitative estimate of drug-likeness (QED) is 0.333. The van der Waals surface area contributed by atoms with Gasteiger partial charge in [0.15, 0.2) is 0 Å². The van der Waals surface area contributed by atoms with Crippen LogP contribution >= 0.6 is 0 Å². The molecule has 0 aliphatic rings. The van der Waals surface area contributed by atoms with Crippen molar-refractivity contribution in [2.45, 2.75) is 27.4 Å². The average molecular weight is 373 g/mol. The molecule has 0 bridgehead atoms. The van der Waals surface area contributed by atoms with Crippen molar-refractivity contribution in [3.05, 3.63) is 39.9 Å². The van der Waals surface area contributed by atoms with Crippen LogP contribution in [0.5, 0.6) is 0 Å². The van der Waals surface area contributed by atoms with Gasteiger partial charge in [-0.15, -0.1) is 0 Å². The number of ether oxygens (including phenoxy) is 2. The molecule has 0 aromatic heterocycles. The molecule has 0 aliphatic heterocycles. The molecule has 1 aromatic carbocycles. The Morgan fingerprint density at radius 2 is 1.58 bits per heavy atom. The van der Waals surface area contributed by atoms with Crippen LogP contribution < -0.4 is 0 Å². The lowest BCUT2D eigenvalue weighted by Gasteiger charge is -2.02. The van der Waals surface area contributed by atoms with Gasteiger partial charge in [-0.3, -0.25) is 24.5 Å². The molecule has 11 heteroatoms. The van der Waals surface area contributed by atoms with Crippen LogP contribution in [0.1, 0.15) is 26.3 Å². The number of nitrogens with zero attached hydrogens (tertiary/aromatic N) is 1. The molecule has 0 aliphatic carbocycles. The largest absolute Gasteiger partial charge is 0.481 e. The fraction of sp³-hybridized carbons (Fsp3) is 0.333. The van der Waals surface area contributed by atoms with Crippen molar-refractivity contribution in [2.75, 3.05) is 6.61 Å². The van der Waals surface area contributed by atoms with Gasteiger partial charge in [-0.05, 0) is 6.07 Å². The van der Waals surface area contributed by atoms with Crippen LogP contribution in [0.2, 0.25) is 0 Å². The molecule has 144 valence electrons. The van der Waals surface area contributed by atoms with Crippen molar-refractivity contribution < 1.29 is 43.8 Å². The Morgan fingerprint density at radius 3 is 1.92 bits per heavy atom. The number of benzene rings is 1. The molecule has 0 unspecified atom stereocenters. The number of nitro groups is 1. The number of esters is 3. The summed E-state index contributed by atoms with van der Waals surface area (Å²) in [5.74, 6) is -2.91. The summed E-state index contributed by atoms with van der Waals surface area (Å²) in [6.45, 7) is 2.62. The van der Waals surface area contributed by atoms with Gasteiger partial charge in [0.05, 0.1) is 10.5 Å². The van der Waals surface area contributed by atoms with Crippen molar-refractivity contribution in [2.24, 2.45) is 0 Å². The van der Waals surface area contributed by atoms with Crippen molar-refractivity contribution in [3.8, 4) is 0 Å². The molecule has 0 heterocycles. The van der Waals surface area contributed by atoms with E-state index >= 15 is 0 Å². The van der Waals surface area contributed by atoms with Gasteiger partial charge in [0, 0.05) is 26.8 Å². The van der Waals surface area contributed by atoms with Crippen molar-refractivity contribution in [1.29, 1.82) is 0 Å². The number of rotatable bonds is 4. The summed E-state index contributed by atoms with van der Waals surface area (Å²) < 4.78 is 8.55. The van der Waals surface area contributed by atoms with Gasteiger partial charge in [0.25, 0.3) is 11.7 Å². The fourth-order valence-corrected chi connectivity index (χ4v) is 1.18. The minimum atomic E-state index is -0.919. The predicted molar refractivity (Wildman–Crippen MR) is 85.7 cm³/mol. The number of hydrogen-bond donors (Lipinski definition) is 2. The molecule has 0 spiro atoms. The molecule has 1 rings (SSSR count). The van der Waals surface area contributed by atoms with E-state index in [4.69, 9.17) is 15.0 Å². The second kappa shape index (κ2) is 14.0. The van der Waals surface area contributed by atoms with Crippen LogP contribution in [0.4, 0.5) is 5.69 Å². The number of aliphatic carboxylic acids is 1. The Hall–Kier alpha value is -3.34. The molecule has 1 aromatic rings. The summed E-state index contributed by atoms with van der Waals surface area (Å²) in [4.78, 5) is 49.3. The summed E-state index contributed by atoms with van der Waals surface area (Å²) in [6, 6.07) is 6.15. The number of carboxylic acids is 1. The molecule has 0 fully saturated rings. The van der Waals surface area contributed by atoms with Gasteiger partial charge in [-0.25, -0.2) is 4.79 Å². The highest BCUT2D eigenvalue weighted by Crippen LogP contribution is 2.18. The Bertz CT molecular complexity index is 637. The number of nitro benzene ring substituents is 1. The van der Waals surface area contributed by atoms with Gasteiger partial charge in [0.2, 0.25) is 0 Å². The molecular weight excluding hydrogens is 354 g/mol. The van der Waals surface area contributed by atoms with E-state index in [1.165, 1.54) is 13.0 Å². The Kier molecular flexibility index (Phi) is 13.5. The number of carbonyl (C=O) groups excluding carboxylic acids is 3. The zero-order valence-electron chi connectivity index (χ0n) is 14.3. The van der Waals surface area contributed by atoms with E-state index < -0.39 is 35.4 Å². The van der Waals surface area contributed by atoms with Gasteiger partial charge in [-0.2, -0.15) is 0 Å². The summed E-state index contributed by atoms with van der Waals surface area (Å²) in [5.41, 5.74) is 0.362. The summed E-state index contributed by atoms with van der Waals surface area (Å²) >= 11 is 0. The highest BCUT2D eigenvalue weighted by Gasteiger charge is 2.12. The van der Waals surface area contributed by atoms with Gasteiger partial charge in [-0.1, -0.05) is 12.1 Å². The lowest BCUT2D eigenvalue weighted by Crippen LogP contribution is -2.12. The first kappa shape index (κ1) is 24.9. The van der Waals surface area contributed by atoms with E-state index in [0.717, 1.165) is 13.8 Å². The number of hydrogen-bond acceptors (Lipinski definition) is 9. The van der Waals surface area contributed by atoms with Crippen LogP contribution in [0.3, 0.4) is 0 Å². The summed E-state index contributed by atoms with van der Waals surface area (Å²) in [6.07, 6.45) is 0. The minimum absolute atomic E-state index is 0.0336. The third-order valence-electron chi connectivity index (χ3n) is 2.01. The van der Waals surface area contributed by atoms with E-state index in [1.54, 1.807) is 18.2 Å². The third-order valence-corrected chi connectivity index (χ3v) is 2.01. The standard InChI is InChI=1S/C9H9NO4.C4H6O4.C2H4O2/c1-7(11)14-6-8-4-2-3-5-9(8)10(12)13;1-3(6)8-4(7)2-5;1-2(3)4/h2-5H,6H2,1H3;5H,2H2,1H3;1H3,(H,3,4). The fourth-order valence-electron chi connectivity index (χ4n) is 1.18. The molecule has 0 amide bonds. The Morgan fingerprint density at radius 1 is 1.08 bits per heavy atom. The first-order valence-corrected chi connectivity index (χ1v) is 6.88.